The third-order valence-corrected chi connectivity index (χ3v) is 3.29. The SMILES string of the molecule is CC1CCC(CNc2ccncn2)CC1. The summed E-state index contributed by atoms with van der Waals surface area (Å²) in [4.78, 5) is 8.05. The summed E-state index contributed by atoms with van der Waals surface area (Å²) < 4.78 is 0. The summed E-state index contributed by atoms with van der Waals surface area (Å²) in [7, 11) is 0. The van der Waals surface area contributed by atoms with E-state index < -0.39 is 0 Å². The van der Waals surface area contributed by atoms with Crippen molar-refractivity contribution in [3.63, 3.8) is 0 Å². The van der Waals surface area contributed by atoms with Crippen LogP contribution in [0.1, 0.15) is 32.6 Å². The van der Waals surface area contributed by atoms with E-state index >= 15 is 0 Å². The van der Waals surface area contributed by atoms with E-state index in [4.69, 9.17) is 0 Å². The minimum Gasteiger partial charge on any atom is -0.370 e. The maximum atomic E-state index is 4.16. The second kappa shape index (κ2) is 5.10. The van der Waals surface area contributed by atoms with Crippen molar-refractivity contribution in [3.8, 4) is 0 Å². The Balaban J connectivity index is 1.74. The van der Waals surface area contributed by atoms with Crippen LogP contribution in [0, 0.1) is 11.8 Å². The molecule has 0 radical (unpaired) electrons. The highest BCUT2D eigenvalue weighted by molar-refractivity contribution is 5.31. The molecule has 1 aromatic rings. The summed E-state index contributed by atoms with van der Waals surface area (Å²) in [6, 6.07) is 1.92. The molecule has 0 amide bonds. The number of aromatic nitrogens is 2. The van der Waals surface area contributed by atoms with E-state index in [9.17, 15) is 0 Å². The standard InChI is InChI=1S/C12H19N3/c1-10-2-4-11(5-3-10)8-14-12-6-7-13-9-15-12/h6-7,9-11H,2-5,8H2,1H3,(H,13,14,15). The van der Waals surface area contributed by atoms with E-state index in [1.165, 1.54) is 25.7 Å². The van der Waals surface area contributed by atoms with E-state index in [-0.39, 0.29) is 0 Å². The zero-order valence-electron chi connectivity index (χ0n) is 9.32. The Labute approximate surface area is 91.3 Å². The number of hydrogen-bond donors (Lipinski definition) is 1. The minimum absolute atomic E-state index is 0.830. The van der Waals surface area contributed by atoms with Gasteiger partial charge in [0, 0.05) is 12.7 Å². The molecule has 1 saturated carbocycles. The average molecular weight is 205 g/mol. The van der Waals surface area contributed by atoms with Crippen LogP contribution in [-0.4, -0.2) is 16.5 Å². The van der Waals surface area contributed by atoms with Crippen LogP contribution >= 0.6 is 0 Å². The van der Waals surface area contributed by atoms with Crippen molar-refractivity contribution in [3.05, 3.63) is 18.6 Å². The van der Waals surface area contributed by atoms with Gasteiger partial charge in [-0.15, -0.1) is 0 Å². The molecule has 0 aliphatic heterocycles. The molecule has 1 heterocycles. The quantitative estimate of drug-likeness (QED) is 0.824. The predicted molar refractivity (Wildman–Crippen MR) is 61.6 cm³/mol. The molecule has 1 fully saturated rings. The molecule has 0 unspecified atom stereocenters. The number of rotatable bonds is 3. The first-order valence-electron chi connectivity index (χ1n) is 5.84. The fraction of sp³-hybridized carbons (Fsp3) is 0.667. The van der Waals surface area contributed by atoms with Crippen LogP contribution in [0.5, 0.6) is 0 Å². The lowest BCUT2D eigenvalue weighted by molar-refractivity contribution is 0.300. The zero-order chi connectivity index (χ0) is 10.5. The van der Waals surface area contributed by atoms with Crippen molar-refractivity contribution in [2.75, 3.05) is 11.9 Å². The summed E-state index contributed by atoms with van der Waals surface area (Å²) >= 11 is 0. The first kappa shape index (κ1) is 10.4. The van der Waals surface area contributed by atoms with Crippen molar-refractivity contribution < 1.29 is 0 Å². The number of nitrogens with zero attached hydrogens (tertiary/aromatic N) is 2. The fourth-order valence-electron chi connectivity index (χ4n) is 2.18. The molecule has 15 heavy (non-hydrogen) atoms. The smallest absolute Gasteiger partial charge is 0.129 e. The van der Waals surface area contributed by atoms with Gasteiger partial charge in [0.15, 0.2) is 0 Å². The average Bonchev–Trinajstić information content (AvgIpc) is 2.30. The molecule has 1 aliphatic rings. The lowest BCUT2D eigenvalue weighted by Crippen LogP contribution is -2.20. The number of anilines is 1. The summed E-state index contributed by atoms with van der Waals surface area (Å²) in [5.41, 5.74) is 0. The van der Waals surface area contributed by atoms with E-state index in [0.717, 1.165) is 24.2 Å². The third kappa shape index (κ3) is 3.18. The van der Waals surface area contributed by atoms with Crippen LogP contribution in [0.4, 0.5) is 5.82 Å². The van der Waals surface area contributed by atoms with Gasteiger partial charge in [-0.2, -0.15) is 0 Å². The van der Waals surface area contributed by atoms with Gasteiger partial charge in [0.1, 0.15) is 12.1 Å². The van der Waals surface area contributed by atoms with Crippen LogP contribution in [0.15, 0.2) is 18.6 Å². The second-order valence-corrected chi connectivity index (χ2v) is 4.60. The Kier molecular flexibility index (Phi) is 3.54. The second-order valence-electron chi connectivity index (χ2n) is 4.60. The zero-order valence-corrected chi connectivity index (χ0v) is 9.32. The molecule has 0 saturated heterocycles. The van der Waals surface area contributed by atoms with Crippen molar-refractivity contribution in [2.24, 2.45) is 11.8 Å². The molecule has 82 valence electrons. The van der Waals surface area contributed by atoms with E-state index in [1.807, 2.05) is 6.07 Å². The van der Waals surface area contributed by atoms with Gasteiger partial charge in [-0.05, 0) is 30.7 Å². The molecule has 0 spiro atoms. The lowest BCUT2D eigenvalue weighted by Gasteiger charge is -2.26. The van der Waals surface area contributed by atoms with Gasteiger partial charge >= 0.3 is 0 Å². The third-order valence-electron chi connectivity index (χ3n) is 3.29. The summed E-state index contributed by atoms with van der Waals surface area (Å²) in [5, 5.41) is 3.38. The molecular weight excluding hydrogens is 186 g/mol. The predicted octanol–water partition coefficient (Wildman–Crippen LogP) is 2.71. The summed E-state index contributed by atoms with van der Waals surface area (Å²) in [6.45, 7) is 3.41. The highest BCUT2D eigenvalue weighted by Gasteiger charge is 2.17. The van der Waals surface area contributed by atoms with Crippen LogP contribution in [0.25, 0.3) is 0 Å². The first-order valence-corrected chi connectivity index (χ1v) is 5.84. The number of hydrogen-bond acceptors (Lipinski definition) is 3. The Hall–Kier alpha value is -1.12. The van der Waals surface area contributed by atoms with Crippen LogP contribution in [-0.2, 0) is 0 Å². The van der Waals surface area contributed by atoms with Gasteiger partial charge in [-0.3, -0.25) is 0 Å². The molecule has 0 atom stereocenters. The van der Waals surface area contributed by atoms with Gasteiger partial charge in [-0.25, -0.2) is 9.97 Å². The van der Waals surface area contributed by atoms with Crippen LogP contribution in [0.2, 0.25) is 0 Å². The highest BCUT2D eigenvalue weighted by Crippen LogP contribution is 2.28. The van der Waals surface area contributed by atoms with E-state index in [1.54, 1.807) is 12.5 Å². The lowest BCUT2D eigenvalue weighted by atomic mass is 9.83. The molecule has 0 bridgehead atoms. The highest BCUT2D eigenvalue weighted by atomic mass is 15.0. The van der Waals surface area contributed by atoms with Crippen LogP contribution < -0.4 is 5.32 Å². The van der Waals surface area contributed by atoms with Crippen molar-refractivity contribution in [1.82, 2.24) is 9.97 Å². The molecule has 3 heteroatoms. The Morgan fingerprint density at radius 1 is 1.33 bits per heavy atom. The van der Waals surface area contributed by atoms with Gasteiger partial charge in [0.25, 0.3) is 0 Å². The molecule has 1 aliphatic carbocycles. The summed E-state index contributed by atoms with van der Waals surface area (Å²) in [5.74, 6) is 2.71. The first-order chi connectivity index (χ1) is 7.34. The van der Waals surface area contributed by atoms with E-state index in [2.05, 4.69) is 22.2 Å². The molecule has 1 aromatic heterocycles. The summed E-state index contributed by atoms with van der Waals surface area (Å²) in [6.07, 6.45) is 8.86. The Morgan fingerprint density at radius 2 is 2.13 bits per heavy atom. The maximum Gasteiger partial charge on any atom is 0.129 e. The minimum atomic E-state index is 0.830. The molecule has 3 nitrogen and oxygen atoms in total. The topological polar surface area (TPSA) is 37.8 Å². The van der Waals surface area contributed by atoms with Crippen molar-refractivity contribution >= 4 is 5.82 Å². The van der Waals surface area contributed by atoms with Crippen LogP contribution in [0.3, 0.4) is 0 Å². The largest absolute Gasteiger partial charge is 0.370 e. The van der Waals surface area contributed by atoms with E-state index in [0.29, 0.717) is 0 Å². The maximum absolute atomic E-state index is 4.16. The van der Waals surface area contributed by atoms with Crippen molar-refractivity contribution in [2.45, 2.75) is 32.6 Å². The van der Waals surface area contributed by atoms with Gasteiger partial charge in [0.2, 0.25) is 0 Å². The van der Waals surface area contributed by atoms with Crippen molar-refractivity contribution in [1.29, 1.82) is 0 Å². The monoisotopic (exact) mass is 205 g/mol. The number of nitrogens with one attached hydrogen (secondary N) is 1. The molecule has 1 N–H and O–H groups in total. The normalized spacial score (nSPS) is 26.2. The fourth-order valence-corrected chi connectivity index (χ4v) is 2.18. The molecular formula is C12H19N3. The van der Waals surface area contributed by atoms with Gasteiger partial charge < -0.3 is 5.32 Å². The Bertz CT molecular complexity index is 278. The van der Waals surface area contributed by atoms with Gasteiger partial charge in [-0.1, -0.05) is 19.8 Å². The Morgan fingerprint density at radius 3 is 2.80 bits per heavy atom. The molecule has 2 rings (SSSR count). The van der Waals surface area contributed by atoms with Gasteiger partial charge in [0.05, 0.1) is 0 Å². The molecule has 0 aromatic carbocycles.